The molecule has 3 heteroatoms. The monoisotopic (exact) mass is 199 g/mol. The van der Waals surface area contributed by atoms with Crippen molar-refractivity contribution in [1.29, 1.82) is 0 Å². The zero-order valence-electron chi connectivity index (χ0n) is 10.1. The van der Waals surface area contributed by atoms with E-state index in [2.05, 4.69) is 36.1 Å². The molecule has 2 unspecified atom stereocenters. The maximum atomic E-state index is 3.30. The predicted molar refractivity (Wildman–Crippen MR) is 61.7 cm³/mol. The van der Waals surface area contributed by atoms with Gasteiger partial charge in [0, 0.05) is 25.2 Å². The molecule has 0 aliphatic carbocycles. The van der Waals surface area contributed by atoms with E-state index in [0.717, 1.165) is 6.04 Å². The minimum atomic E-state index is 0.607. The summed E-state index contributed by atoms with van der Waals surface area (Å²) in [6.07, 6.45) is 2.71. The highest BCUT2D eigenvalue weighted by molar-refractivity contribution is 4.79. The van der Waals surface area contributed by atoms with Crippen LogP contribution in [0.5, 0.6) is 0 Å². The molecule has 1 saturated heterocycles. The van der Waals surface area contributed by atoms with Gasteiger partial charge in [-0.25, -0.2) is 0 Å². The summed E-state index contributed by atoms with van der Waals surface area (Å²) in [5, 5.41) is 3.30. The minimum absolute atomic E-state index is 0.607. The Bertz CT molecular complexity index is 159. The second kappa shape index (κ2) is 5.69. The van der Waals surface area contributed by atoms with Crippen molar-refractivity contribution in [3.05, 3.63) is 0 Å². The van der Waals surface area contributed by atoms with Crippen LogP contribution in [-0.2, 0) is 0 Å². The van der Waals surface area contributed by atoms with Crippen molar-refractivity contribution in [1.82, 2.24) is 15.1 Å². The fraction of sp³-hybridized carbons (Fsp3) is 1.00. The Hall–Kier alpha value is -0.120. The van der Waals surface area contributed by atoms with E-state index in [1.54, 1.807) is 0 Å². The van der Waals surface area contributed by atoms with E-state index >= 15 is 0 Å². The van der Waals surface area contributed by atoms with Crippen LogP contribution in [0.15, 0.2) is 0 Å². The maximum Gasteiger partial charge on any atom is 0.0217 e. The van der Waals surface area contributed by atoms with Crippen molar-refractivity contribution < 1.29 is 0 Å². The molecule has 0 aromatic rings. The molecule has 0 bridgehead atoms. The highest BCUT2D eigenvalue weighted by Gasteiger charge is 2.21. The minimum Gasteiger partial charge on any atom is -0.316 e. The lowest BCUT2D eigenvalue weighted by Crippen LogP contribution is -2.48. The summed E-state index contributed by atoms with van der Waals surface area (Å²) in [4.78, 5) is 4.94. The van der Waals surface area contributed by atoms with Gasteiger partial charge < -0.3 is 15.1 Å². The number of piperidine rings is 1. The molecule has 84 valence electrons. The summed E-state index contributed by atoms with van der Waals surface area (Å²) in [6.45, 7) is 5.94. The lowest BCUT2D eigenvalue weighted by molar-refractivity contribution is 0.126. The quantitative estimate of drug-likeness (QED) is 0.716. The summed E-state index contributed by atoms with van der Waals surface area (Å²) in [5.74, 6) is 0. The van der Waals surface area contributed by atoms with Crippen LogP contribution in [0, 0.1) is 0 Å². The first kappa shape index (κ1) is 12.0. The second-order valence-corrected chi connectivity index (χ2v) is 4.71. The Morgan fingerprint density at radius 1 is 1.50 bits per heavy atom. The van der Waals surface area contributed by atoms with Crippen LogP contribution in [0.2, 0.25) is 0 Å². The van der Waals surface area contributed by atoms with Crippen molar-refractivity contribution in [3.8, 4) is 0 Å². The van der Waals surface area contributed by atoms with Gasteiger partial charge in [-0.1, -0.05) is 0 Å². The van der Waals surface area contributed by atoms with Gasteiger partial charge in [-0.2, -0.15) is 0 Å². The summed E-state index contributed by atoms with van der Waals surface area (Å²) < 4.78 is 0. The number of hydrogen-bond donors (Lipinski definition) is 1. The molecule has 0 spiro atoms. The van der Waals surface area contributed by atoms with E-state index in [0.29, 0.717) is 6.04 Å². The molecule has 1 fully saturated rings. The molecule has 0 saturated carbocycles. The Kier molecular flexibility index (Phi) is 4.85. The van der Waals surface area contributed by atoms with Gasteiger partial charge in [0.1, 0.15) is 0 Å². The van der Waals surface area contributed by atoms with Crippen LogP contribution in [0.3, 0.4) is 0 Å². The fourth-order valence-electron chi connectivity index (χ4n) is 2.10. The Balaban J connectivity index is 2.32. The fourth-order valence-corrected chi connectivity index (χ4v) is 2.10. The van der Waals surface area contributed by atoms with Crippen LogP contribution in [0.4, 0.5) is 0 Å². The van der Waals surface area contributed by atoms with Gasteiger partial charge in [0.05, 0.1) is 0 Å². The molecule has 0 aromatic heterocycles. The third kappa shape index (κ3) is 3.56. The molecule has 0 aromatic carbocycles. The molecule has 1 aliphatic heterocycles. The van der Waals surface area contributed by atoms with E-state index in [4.69, 9.17) is 0 Å². The lowest BCUT2D eigenvalue weighted by Gasteiger charge is -2.37. The Morgan fingerprint density at radius 2 is 2.21 bits per heavy atom. The highest BCUT2D eigenvalue weighted by Crippen LogP contribution is 2.13. The van der Waals surface area contributed by atoms with E-state index in [9.17, 15) is 0 Å². The molecule has 1 aliphatic rings. The van der Waals surface area contributed by atoms with Crippen molar-refractivity contribution >= 4 is 0 Å². The molecular weight excluding hydrogens is 174 g/mol. The van der Waals surface area contributed by atoms with Crippen LogP contribution in [0.25, 0.3) is 0 Å². The van der Waals surface area contributed by atoms with Gasteiger partial charge in [0.2, 0.25) is 0 Å². The molecule has 14 heavy (non-hydrogen) atoms. The average molecular weight is 199 g/mol. The summed E-state index contributed by atoms with van der Waals surface area (Å²) in [5.41, 5.74) is 0. The number of hydrogen-bond acceptors (Lipinski definition) is 3. The maximum absolute atomic E-state index is 3.30. The molecule has 1 rings (SSSR count). The smallest absolute Gasteiger partial charge is 0.0217 e. The van der Waals surface area contributed by atoms with Crippen molar-refractivity contribution in [2.45, 2.75) is 31.8 Å². The number of nitrogens with one attached hydrogen (secondary N) is 1. The normalized spacial score (nSPS) is 26.8. The largest absolute Gasteiger partial charge is 0.316 e. The summed E-state index contributed by atoms with van der Waals surface area (Å²) in [7, 11) is 6.42. The lowest BCUT2D eigenvalue weighted by atomic mass is 10.0. The molecule has 0 amide bonds. The third-order valence-corrected chi connectivity index (χ3v) is 3.24. The summed E-state index contributed by atoms with van der Waals surface area (Å²) in [6, 6.07) is 1.36. The van der Waals surface area contributed by atoms with Crippen LogP contribution < -0.4 is 5.32 Å². The van der Waals surface area contributed by atoms with Gasteiger partial charge >= 0.3 is 0 Å². The zero-order chi connectivity index (χ0) is 10.6. The standard InChI is InChI=1S/C11H25N3/c1-10(12-2)8-14-7-5-6-11(9-14)13(3)4/h10-12H,5-9H2,1-4H3. The first-order valence-electron chi connectivity index (χ1n) is 5.69. The third-order valence-electron chi connectivity index (χ3n) is 3.24. The number of rotatable bonds is 4. The second-order valence-electron chi connectivity index (χ2n) is 4.71. The number of nitrogens with zero attached hydrogens (tertiary/aromatic N) is 2. The summed E-state index contributed by atoms with van der Waals surface area (Å²) >= 11 is 0. The van der Waals surface area contributed by atoms with E-state index < -0.39 is 0 Å². The Morgan fingerprint density at radius 3 is 2.79 bits per heavy atom. The zero-order valence-corrected chi connectivity index (χ0v) is 10.1. The van der Waals surface area contributed by atoms with Crippen molar-refractivity contribution in [2.75, 3.05) is 40.8 Å². The van der Waals surface area contributed by atoms with E-state index in [-0.39, 0.29) is 0 Å². The Labute approximate surface area is 88.5 Å². The molecule has 1 heterocycles. The SMILES string of the molecule is CNC(C)CN1CCCC(N(C)C)C1. The van der Waals surface area contributed by atoms with Crippen molar-refractivity contribution in [2.24, 2.45) is 0 Å². The first-order valence-corrected chi connectivity index (χ1v) is 5.69. The van der Waals surface area contributed by atoms with Crippen LogP contribution in [0.1, 0.15) is 19.8 Å². The molecule has 0 radical (unpaired) electrons. The van der Waals surface area contributed by atoms with Crippen LogP contribution in [-0.4, -0.2) is 62.7 Å². The number of likely N-dealkylation sites (N-methyl/N-ethyl adjacent to an activating group) is 2. The van der Waals surface area contributed by atoms with Gasteiger partial charge in [-0.15, -0.1) is 0 Å². The van der Waals surface area contributed by atoms with Gasteiger partial charge in [-0.05, 0) is 47.5 Å². The predicted octanol–water partition coefficient (Wildman–Crippen LogP) is 0.620. The molecule has 3 nitrogen and oxygen atoms in total. The molecular formula is C11H25N3. The first-order chi connectivity index (χ1) is 6.63. The highest BCUT2D eigenvalue weighted by atomic mass is 15.2. The van der Waals surface area contributed by atoms with Gasteiger partial charge in [0.15, 0.2) is 0 Å². The van der Waals surface area contributed by atoms with Gasteiger partial charge in [0.25, 0.3) is 0 Å². The average Bonchev–Trinajstić information content (AvgIpc) is 2.18. The van der Waals surface area contributed by atoms with Crippen LogP contribution >= 0.6 is 0 Å². The molecule has 1 N–H and O–H groups in total. The van der Waals surface area contributed by atoms with Gasteiger partial charge in [-0.3, -0.25) is 0 Å². The van der Waals surface area contributed by atoms with Crippen molar-refractivity contribution in [3.63, 3.8) is 0 Å². The number of likely N-dealkylation sites (tertiary alicyclic amines) is 1. The van der Waals surface area contributed by atoms with E-state index in [1.165, 1.54) is 32.5 Å². The molecule has 2 atom stereocenters. The van der Waals surface area contributed by atoms with E-state index in [1.807, 2.05) is 7.05 Å². The topological polar surface area (TPSA) is 18.5 Å².